The molecule has 1 fully saturated rings. The molecule has 0 unspecified atom stereocenters. The Morgan fingerprint density at radius 1 is 1.00 bits per heavy atom. The number of rotatable bonds is 4. The van der Waals surface area contributed by atoms with Gasteiger partial charge in [0.1, 0.15) is 30.2 Å². The average molecular weight is 397 g/mol. The van der Waals surface area contributed by atoms with E-state index in [9.17, 15) is 30.6 Å². The molecular formula is C19H21ClO7. The molecule has 6 N–H and O–H groups in total. The van der Waals surface area contributed by atoms with Gasteiger partial charge in [0.25, 0.3) is 0 Å². The Hall–Kier alpha value is -1.71. The quantitative estimate of drug-likeness (QED) is 0.437. The largest absolute Gasteiger partial charge is 0.508 e. The van der Waals surface area contributed by atoms with Crippen LogP contribution < -0.4 is 0 Å². The number of halogens is 1. The van der Waals surface area contributed by atoms with Crippen molar-refractivity contribution in [2.24, 2.45) is 0 Å². The molecule has 0 spiro atoms. The van der Waals surface area contributed by atoms with Crippen molar-refractivity contribution in [1.29, 1.82) is 0 Å². The minimum atomic E-state index is -2.33. The summed E-state index contributed by atoms with van der Waals surface area (Å²) in [5, 5.41) is 60.2. The molecule has 1 aliphatic rings. The predicted octanol–water partition coefficient (Wildman–Crippen LogP) is 0.255. The fourth-order valence-corrected chi connectivity index (χ4v) is 3.34. The average Bonchev–Trinajstić information content (AvgIpc) is 2.66. The van der Waals surface area contributed by atoms with Gasteiger partial charge >= 0.3 is 0 Å². The maximum atomic E-state index is 10.9. The van der Waals surface area contributed by atoms with Crippen LogP contribution in [0, 0.1) is 0 Å². The van der Waals surface area contributed by atoms with Gasteiger partial charge in [0.05, 0.1) is 6.61 Å². The van der Waals surface area contributed by atoms with E-state index in [2.05, 4.69) is 0 Å². The number of hydrogen-bond acceptors (Lipinski definition) is 7. The van der Waals surface area contributed by atoms with Crippen LogP contribution in [0.2, 0.25) is 5.02 Å². The number of aromatic hydroxyl groups is 1. The summed E-state index contributed by atoms with van der Waals surface area (Å²) < 4.78 is 5.33. The molecule has 2 aromatic rings. The van der Waals surface area contributed by atoms with Crippen molar-refractivity contribution in [2.45, 2.75) is 36.6 Å². The van der Waals surface area contributed by atoms with E-state index in [4.69, 9.17) is 16.3 Å². The summed E-state index contributed by atoms with van der Waals surface area (Å²) in [7, 11) is 0. The molecule has 2 aromatic carbocycles. The molecule has 0 saturated carbocycles. The number of phenols is 1. The van der Waals surface area contributed by atoms with Crippen LogP contribution in [0.25, 0.3) is 0 Å². The van der Waals surface area contributed by atoms with Crippen LogP contribution in [0.4, 0.5) is 0 Å². The minimum absolute atomic E-state index is 0.123. The minimum Gasteiger partial charge on any atom is -0.508 e. The molecule has 146 valence electrons. The van der Waals surface area contributed by atoms with Gasteiger partial charge in [-0.05, 0) is 41.8 Å². The lowest BCUT2D eigenvalue weighted by Gasteiger charge is -2.45. The molecule has 1 saturated heterocycles. The van der Waals surface area contributed by atoms with Crippen molar-refractivity contribution in [3.05, 3.63) is 64.2 Å². The van der Waals surface area contributed by atoms with E-state index in [1.807, 2.05) is 0 Å². The molecule has 1 aliphatic heterocycles. The summed E-state index contributed by atoms with van der Waals surface area (Å²) in [5.74, 6) is -2.20. The number of hydrogen-bond donors (Lipinski definition) is 6. The fraction of sp³-hybridized carbons (Fsp3) is 0.368. The maximum absolute atomic E-state index is 10.9. The van der Waals surface area contributed by atoms with E-state index in [-0.39, 0.29) is 11.3 Å². The van der Waals surface area contributed by atoms with Crippen LogP contribution in [-0.2, 0) is 16.9 Å². The number of aliphatic hydroxyl groups excluding tert-OH is 4. The van der Waals surface area contributed by atoms with Gasteiger partial charge in [-0.1, -0.05) is 29.8 Å². The molecule has 0 radical (unpaired) electrons. The first-order valence-electron chi connectivity index (χ1n) is 8.38. The van der Waals surface area contributed by atoms with E-state index in [0.717, 1.165) is 5.56 Å². The Morgan fingerprint density at radius 3 is 2.30 bits per heavy atom. The summed E-state index contributed by atoms with van der Waals surface area (Å²) in [5.41, 5.74) is 1.59. The van der Waals surface area contributed by atoms with Crippen molar-refractivity contribution in [3.63, 3.8) is 0 Å². The number of ether oxygens (including phenoxy) is 1. The SMILES string of the molecule is OC[C@H]1O[C@@](O)(c2ccc(Cl)c(Cc3ccc(O)cc3)c2)[C@H](O)[C@@H](O)[C@@H]1O. The molecule has 0 aromatic heterocycles. The van der Waals surface area contributed by atoms with Crippen LogP contribution in [0.3, 0.4) is 0 Å². The third-order valence-corrected chi connectivity index (χ3v) is 5.13. The molecular weight excluding hydrogens is 376 g/mol. The molecule has 0 amide bonds. The number of phenolic OH excluding ortho intramolecular Hbond substituents is 1. The summed E-state index contributed by atoms with van der Waals surface area (Å²) in [6, 6.07) is 11.0. The highest BCUT2D eigenvalue weighted by atomic mass is 35.5. The first kappa shape index (κ1) is 20.0. The van der Waals surface area contributed by atoms with Gasteiger partial charge in [-0.3, -0.25) is 0 Å². The lowest BCUT2D eigenvalue weighted by Crippen LogP contribution is -2.63. The third kappa shape index (κ3) is 3.81. The zero-order valence-electron chi connectivity index (χ0n) is 14.2. The monoisotopic (exact) mass is 396 g/mol. The Balaban J connectivity index is 1.95. The molecule has 8 heteroatoms. The van der Waals surface area contributed by atoms with Gasteiger partial charge in [0.15, 0.2) is 0 Å². The lowest BCUT2D eigenvalue weighted by molar-refractivity contribution is -0.357. The molecule has 27 heavy (non-hydrogen) atoms. The lowest BCUT2D eigenvalue weighted by atomic mass is 9.87. The smallest absolute Gasteiger partial charge is 0.222 e. The van der Waals surface area contributed by atoms with Gasteiger partial charge < -0.3 is 35.4 Å². The topological polar surface area (TPSA) is 131 Å². The van der Waals surface area contributed by atoms with Crippen LogP contribution in [0.15, 0.2) is 42.5 Å². The fourth-order valence-electron chi connectivity index (χ4n) is 3.16. The van der Waals surface area contributed by atoms with Crippen molar-refractivity contribution >= 4 is 11.6 Å². The van der Waals surface area contributed by atoms with E-state index >= 15 is 0 Å². The molecule has 1 heterocycles. The van der Waals surface area contributed by atoms with E-state index in [0.29, 0.717) is 17.0 Å². The normalized spacial score (nSPS) is 31.0. The van der Waals surface area contributed by atoms with Crippen LogP contribution in [0.1, 0.15) is 16.7 Å². The number of aliphatic hydroxyl groups is 5. The second-order valence-corrected chi connectivity index (χ2v) is 7.02. The highest BCUT2D eigenvalue weighted by molar-refractivity contribution is 6.31. The van der Waals surface area contributed by atoms with Gasteiger partial charge in [-0.15, -0.1) is 0 Å². The standard InChI is InChI=1S/C19H21ClO7/c20-14-6-3-12(8-11(14)7-10-1-4-13(22)5-2-10)19(26)18(25)17(24)16(23)15(9-21)27-19/h1-6,8,15-18,21-26H,7,9H2/t15-,16-,17+,18-,19+/m1/s1. The summed E-state index contributed by atoms with van der Waals surface area (Å²) in [6.45, 7) is -0.652. The van der Waals surface area contributed by atoms with Gasteiger partial charge in [-0.25, -0.2) is 0 Å². The van der Waals surface area contributed by atoms with Crippen LogP contribution >= 0.6 is 11.6 Å². The van der Waals surface area contributed by atoms with Crippen LogP contribution in [0.5, 0.6) is 5.75 Å². The molecule has 0 aliphatic carbocycles. The molecule has 5 atom stereocenters. The number of benzene rings is 2. The van der Waals surface area contributed by atoms with Gasteiger partial charge in [0, 0.05) is 10.6 Å². The Bertz CT molecular complexity index is 795. The van der Waals surface area contributed by atoms with E-state index in [1.165, 1.54) is 30.3 Å². The van der Waals surface area contributed by atoms with Crippen LogP contribution in [-0.4, -0.2) is 61.7 Å². The van der Waals surface area contributed by atoms with Gasteiger partial charge in [-0.2, -0.15) is 0 Å². The van der Waals surface area contributed by atoms with Crippen molar-refractivity contribution < 1.29 is 35.4 Å². The summed E-state index contributed by atoms with van der Waals surface area (Å²) in [6.07, 6.45) is -5.98. The van der Waals surface area contributed by atoms with Gasteiger partial charge in [0.2, 0.25) is 5.79 Å². The second-order valence-electron chi connectivity index (χ2n) is 6.61. The Kier molecular flexibility index (Phi) is 5.73. The molecule has 7 nitrogen and oxygen atoms in total. The summed E-state index contributed by atoms with van der Waals surface area (Å²) in [4.78, 5) is 0. The second kappa shape index (κ2) is 7.73. The summed E-state index contributed by atoms with van der Waals surface area (Å²) >= 11 is 6.24. The first-order valence-corrected chi connectivity index (χ1v) is 8.76. The van der Waals surface area contributed by atoms with Crippen molar-refractivity contribution in [3.8, 4) is 5.75 Å². The highest BCUT2D eigenvalue weighted by Crippen LogP contribution is 2.37. The highest BCUT2D eigenvalue weighted by Gasteiger charge is 2.53. The van der Waals surface area contributed by atoms with E-state index < -0.39 is 36.8 Å². The molecule has 0 bridgehead atoms. The van der Waals surface area contributed by atoms with Crippen molar-refractivity contribution in [1.82, 2.24) is 0 Å². The zero-order chi connectivity index (χ0) is 19.8. The maximum Gasteiger partial charge on any atom is 0.222 e. The predicted molar refractivity (Wildman–Crippen MR) is 96.2 cm³/mol. The molecule has 3 rings (SSSR count). The van der Waals surface area contributed by atoms with E-state index in [1.54, 1.807) is 12.1 Å². The first-order chi connectivity index (χ1) is 12.8. The third-order valence-electron chi connectivity index (χ3n) is 4.76. The Labute approximate surface area is 160 Å². The Morgan fingerprint density at radius 2 is 1.67 bits per heavy atom. The van der Waals surface area contributed by atoms with Crippen molar-refractivity contribution in [2.75, 3.05) is 6.61 Å². The zero-order valence-corrected chi connectivity index (χ0v) is 15.0.